The second kappa shape index (κ2) is 11.0. The third-order valence-electron chi connectivity index (χ3n) is 6.10. The van der Waals surface area contributed by atoms with Crippen LogP contribution < -0.4 is 20.3 Å². The highest BCUT2D eigenvalue weighted by molar-refractivity contribution is 5.95. The molecule has 2 N–H and O–H groups in total. The Morgan fingerprint density at radius 2 is 1.65 bits per heavy atom. The van der Waals surface area contributed by atoms with Crippen molar-refractivity contribution in [3.63, 3.8) is 0 Å². The number of nitrogens with one attached hydrogen (secondary N) is 2. The molecule has 7 heteroatoms. The van der Waals surface area contributed by atoms with E-state index in [9.17, 15) is 4.79 Å². The number of aromatic nitrogens is 2. The summed E-state index contributed by atoms with van der Waals surface area (Å²) in [6, 6.07) is 19.8. The van der Waals surface area contributed by atoms with Crippen LogP contribution in [0.1, 0.15) is 47.4 Å². The molecule has 0 unspecified atom stereocenters. The first-order chi connectivity index (χ1) is 16.5. The van der Waals surface area contributed by atoms with E-state index in [0.717, 1.165) is 54.5 Å². The highest BCUT2D eigenvalue weighted by Gasteiger charge is 2.24. The Balaban J connectivity index is 1.30. The van der Waals surface area contributed by atoms with Crippen LogP contribution in [0.25, 0.3) is 0 Å². The summed E-state index contributed by atoms with van der Waals surface area (Å²) in [6.45, 7) is 2.27. The van der Waals surface area contributed by atoms with Crippen molar-refractivity contribution in [3.05, 3.63) is 77.6 Å². The van der Waals surface area contributed by atoms with E-state index in [1.807, 2.05) is 86.6 Å². The molecule has 34 heavy (non-hydrogen) atoms. The van der Waals surface area contributed by atoms with Gasteiger partial charge in [-0.1, -0.05) is 36.4 Å². The Hall–Kier alpha value is -3.61. The van der Waals surface area contributed by atoms with Gasteiger partial charge in [-0.25, -0.2) is 9.97 Å². The van der Waals surface area contributed by atoms with Gasteiger partial charge in [-0.3, -0.25) is 4.79 Å². The predicted octanol–water partition coefficient (Wildman–Crippen LogP) is 4.58. The average molecular weight is 460 g/mol. The first-order valence-corrected chi connectivity index (χ1v) is 11.8. The zero-order chi connectivity index (χ0) is 23.9. The molecule has 1 aromatic heterocycles. The minimum absolute atomic E-state index is 0.0364. The SMILES string of the molecule is Cc1nc(NC2CCC(NC(=O)c3ccccc3COc3ccccc3)CC2)cc(N(C)C)n1. The van der Waals surface area contributed by atoms with E-state index in [1.54, 1.807) is 0 Å². The largest absolute Gasteiger partial charge is 0.489 e. The molecule has 2 aromatic carbocycles. The highest BCUT2D eigenvalue weighted by Crippen LogP contribution is 2.24. The summed E-state index contributed by atoms with van der Waals surface area (Å²) in [6.07, 6.45) is 3.81. The maximum Gasteiger partial charge on any atom is 0.251 e. The van der Waals surface area contributed by atoms with Gasteiger partial charge in [0.25, 0.3) is 5.91 Å². The first kappa shape index (κ1) is 23.5. The molecular formula is C27H33N5O2. The number of nitrogens with zero attached hydrogens (tertiary/aromatic N) is 3. The van der Waals surface area contributed by atoms with Gasteiger partial charge >= 0.3 is 0 Å². The second-order valence-electron chi connectivity index (χ2n) is 8.98. The number of aryl methyl sites for hydroxylation is 1. The second-order valence-corrected chi connectivity index (χ2v) is 8.98. The number of hydrogen-bond acceptors (Lipinski definition) is 6. The van der Waals surface area contributed by atoms with Crippen LogP contribution >= 0.6 is 0 Å². The standard InChI is InChI=1S/C27H33N5O2/c1-19-28-25(17-26(29-19)32(2)3)30-21-13-15-22(16-14-21)31-27(33)24-12-8-7-9-20(24)18-34-23-10-5-4-6-11-23/h4-12,17,21-22H,13-16,18H2,1-3H3,(H,31,33)(H,28,29,30). The molecule has 0 aliphatic heterocycles. The van der Waals surface area contributed by atoms with Gasteiger partial charge in [-0.2, -0.15) is 0 Å². The summed E-state index contributed by atoms with van der Waals surface area (Å²) in [5.74, 6) is 3.26. The van der Waals surface area contributed by atoms with Crippen LogP contribution in [-0.2, 0) is 6.61 Å². The van der Waals surface area contributed by atoms with Gasteiger partial charge in [-0.15, -0.1) is 0 Å². The number of benzene rings is 2. The molecule has 1 heterocycles. The smallest absolute Gasteiger partial charge is 0.251 e. The molecule has 1 amide bonds. The van der Waals surface area contributed by atoms with Crippen LogP contribution in [0, 0.1) is 6.92 Å². The summed E-state index contributed by atoms with van der Waals surface area (Å²) in [7, 11) is 3.96. The van der Waals surface area contributed by atoms with Crippen molar-refractivity contribution >= 4 is 17.5 Å². The number of anilines is 2. The Labute approximate surface area is 201 Å². The van der Waals surface area contributed by atoms with E-state index < -0.39 is 0 Å². The van der Waals surface area contributed by atoms with Crippen molar-refractivity contribution in [1.82, 2.24) is 15.3 Å². The summed E-state index contributed by atoms with van der Waals surface area (Å²) in [5, 5.41) is 6.79. The molecule has 3 aromatic rings. The van der Waals surface area contributed by atoms with Gasteiger partial charge < -0.3 is 20.3 Å². The first-order valence-electron chi connectivity index (χ1n) is 11.8. The van der Waals surface area contributed by atoms with Gasteiger partial charge in [0.15, 0.2) is 0 Å². The number of ether oxygens (including phenoxy) is 1. The van der Waals surface area contributed by atoms with Crippen LogP contribution in [0.2, 0.25) is 0 Å². The lowest BCUT2D eigenvalue weighted by Gasteiger charge is -2.30. The third kappa shape index (κ3) is 6.25. The predicted molar refractivity (Wildman–Crippen MR) is 135 cm³/mol. The van der Waals surface area contributed by atoms with E-state index in [2.05, 4.69) is 20.6 Å². The minimum Gasteiger partial charge on any atom is -0.489 e. The van der Waals surface area contributed by atoms with E-state index in [4.69, 9.17) is 4.74 Å². The van der Waals surface area contributed by atoms with E-state index in [1.165, 1.54) is 0 Å². The number of hydrogen-bond donors (Lipinski definition) is 2. The molecule has 1 aliphatic rings. The fourth-order valence-electron chi connectivity index (χ4n) is 4.25. The number of rotatable bonds is 8. The summed E-state index contributed by atoms with van der Waals surface area (Å²) >= 11 is 0. The van der Waals surface area contributed by atoms with Gasteiger partial charge in [0.1, 0.15) is 29.8 Å². The van der Waals surface area contributed by atoms with Crippen LogP contribution in [0.5, 0.6) is 5.75 Å². The van der Waals surface area contributed by atoms with Crippen molar-refractivity contribution in [2.24, 2.45) is 0 Å². The van der Waals surface area contributed by atoms with Gasteiger partial charge in [0, 0.05) is 43.4 Å². The lowest BCUT2D eigenvalue weighted by atomic mass is 9.91. The van der Waals surface area contributed by atoms with Crippen LogP contribution in [0.3, 0.4) is 0 Å². The summed E-state index contributed by atoms with van der Waals surface area (Å²) in [5.41, 5.74) is 1.56. The molecule has 0 atom stereocenters. The fraction of sp³-hybridized carbons (Fsp3) is 0.370. The molecule has 178 valence electrons. The maximum absolute atomic E-state index is 13.1. The topological polar surface area (TPSA) is 79.4 Å². The number of carbonyl (C=O) groups excluding carboxylic acids is 1. The Morgan fingerprint density at radius 1 is 0.971 bits per heavy atom. The normalized spacial score (nSPS) is 17.6. The number of carbonyl (C=O) groups is 1. The van der Waals surface area contributed by atoms with Gasteiger partial charge in [0.05, 0.1) is 0 Å². The van der Waals surface area contributed by atoms with Crippen molar-refractivity contribution in [3.8, 4) is 5.75 Å². The van der Waals surface area contributed by atoms with Crippen LogP contribution in [0.4, 0.5) is 11.6 Å². The number of amides is 1. The van der Waals surface area contributed by atoms with Crippen molar-refractivity contribution in [2.75, 3.05) is 24.3 Å². The molecule has 4 rings (SSSR count). The Bertz CT molecular complexity index is 1100. The average Bonchev–Trinajstić information content (AvgIpc) is 2.84. The van der Waals surface area contributed by atoms with E-state index in [0.29, 0.717) is 18.2 Å². The Morgan fingerprint density at radius 3 is 2.38 bits per heavy atom. The zero-order valence-corrected chi connectivity index (χ0v) is 20.1. The van der Waals surface area contributed by atoms with Gasteiger partial charge in [-0.05, 0) is 50.8 Å². The molecule has 0 saturated heterocycles. The van der Waals surface area contributed by atoms with E-state index >= 15 is 0 Å². The van der Waals surface area contributed by atoms with E-state index in [-0.39, 0.29) is 11.9 Å². The molecule has 7 nitrogen and oxygen atoms in total. The Kier molecular flexibility index (Phi) is 7.62. The van der Waals surface area contributed by atoms with Crippen molar-refractivity contribution in [1.29, 1.82) is 0 Å². The molecule has 1 fully saturated rings. The molecule has 0 radical (unpaired) electrons. The highest BCUT2D eigenvalue weighted by atomic mass is 16.5. The maximum atomic E-state index is 13.1. The molecule has 1 saturated carbocycles. The molecule has 1 aliphatic carbocycles. The minimum atomic E-state index is -0.0364. The molecule has 0 bridgehead atoms. The molecular weight excluding hydrogens is 426 g/mol. The monoisotopic (exact) mass is 459 g/mol. The van der Waals surface area contributed by atoms with Crippen LogP contribution in [0.15, 0.2) is 60.7 Å². The van der Waals surface area contributed by atoms with Crippen LogP contribution in [-0.4, -0.2) is 42.1 Å². The third-order valence-corrected chi connectivity index (χ3v) is 6.10. The quantitative estimate of drug-likeness (QED) is 0.513. The van der Waals surface area contributed by atoms with Crippen molar-refractivity contribution < 1.29 is 9.53 Å². The lowest BCUT2D eigenvalue weighted by molar-refractivity contribution is 0.0924. The van der Waals surface area contributed by atoms with Gasteiger partial charge in [0.2, 0.25) is 0 Å². The fourth-order valence-corrected chi connectivity index (χ4v) is 4.25. The lowest BCUT2D eigenvalue weighted by Crippen LogP contribution is -2.40. The molecule has 0 spiro atoms. The zero-order valence-electron chi connectivity index (χ0n) is 20.1. The summed E-state index contributed by atoms with van der Waals surface area (Å²) < 4.78 is 5.87. The summed E-state index contributed by atoms with van der Waals surface area (Å²) in [4.78, 5) is 24.0. The number of para-hydroxylation sites is 1. The van der Waals surface area contributed by atoms with Crippen molar-refractivity contribution in [2.45, 2.75) is 51.3 Å².